The van der Waals surface area contributed by atoms with Crippen LogP contribution in [-0.2, 0) is 42.9 Å². The highest BCUT2D eigenvalue weighted by molar-refractivity contribution is 7.54. The zero-order valence-electron chi connectivity index (χ0n) is 34.8. The first kappa shape index (κ1) is 44.6. The second-order valence-corrected chi connectivity index (χ2v) is 16.9. The van der Waals surface area contributed by atoms with Gasteiger partial charge in [0.25, 0.3) is 11.1 Å². The molecule has 0 spiro atoms. The van der Waals surface area contributed by atoms with Crippen molar-refractivity contribution in [2.75, 3.05) is 35.0 Å². The molecule has 8 atom stereocenters. The van der Waals surface area contributed by atoms with E-state index in [1.807, 2.05) is 78.9 Å². The first-order chi connectivity index (χ1) is 29.8. The summed E-state index contributed by atoms with van der Waals surface area (Å²) in [4.78, 5) is 54.4. The number of nitrogens with zero attached hydrogens (tertiary/aromatic N) is 2. The second-order valence-electron chi connectivity index (χ2n) is 14.6. The van der Waals surface area contributed by atoms with Crippen LogP contribution in [0.5, 0.6) is 11.5 Å². The van der Waals surface area contributed by atoms with Gasteiger partial charge in [-0.1, -0.05) is 54.6 Å². The second kappa shape index (κ2) is 18.9. The molecule has 0 saturated carbocycles. The Balaban J connectivity index is 1.22. The van der Waals surface area contributed by atoms with E-state index in [9.17, 15) is 23.7 Å². The van der Waals surface area contributed by atoms with Crippen molar-refractivity contribution in [2.24, 2.45) is 0 Å². The van der Waals surface area contributed by atoms with E-state index in [1.54, 1.807) is 21.1 Å². The molecular formula is C43H48N4O14P. The van der Waals surface area contributed by atoms with Crippen molar-refractivity contribution in [1.29, 1.82) is 0 Å². The van der Waals surface area contributed by atoms with Crippen LogP contribution in [0.25, 0.3) is 0 Å². The highest BCUT2D eigenvalue weighted by atomic mass is 31.2. The van der Waals surface area contributed by atoms with Crippen LogP contribution < -0.4 is 32.0 Å². The standard InChI is InChI=1S/C43H48N4O14P/c1-26-24-47(42(51)45-39(26)49)37-22-33(61-62(52,56-6)27(2)58-38-23-34(55-5)40(60-38)46-21-20-36(48)44-41(46)50)35(59-37)25-57-43(28-10-8-7-9-11-28,29-12-16-31(53-3)17-13-29)30-14-18-32(54-4)19-15-30/h7-21,23-24,27,33-35,37-38,40H,22,25H2,1-6H3,(H,44,48,50)(H,45,49,51)/t27?,33-,34+,35+,37+,38-,40+,62?/m0/s1. The summed E-state index contributed by atoms with van der Waals surface area (Å²) in [6.45, 7) is 2.85. The van der Waals surface area contributed by atoms with Gasteiger partial charge in [-0.05, 0) is 54.8 Å². The van der Waals surface area contributed by atoms with Crippen molar-refractivity contribution in [3.05, 3.63) is 168 Å². The minimum Gasteiger partial charge on any atom is -0.497 e. The molecule has 5 aromatic rings. The van der Waals surface area contributed by atoms with Crippen LogP contribution in [0, 0.1) is 13.3 Å². The summed E-state index contributed by atoms with van der Waals surface area (Å²) in [5.74, 6) is -0.0142. The molecule has 2 saturated heterocycles. The number of methoxy groups -OCH3 is 3. The maximum absolute atomic E-state index is 14.8. The minimum absolute atomic E-state index is 0.0299. The third kappa shape index (κ3) is 9.05. The third-order valence-corrected chi connectivity index (χ3v) is 13.0. The quantitative estimate of drug-likeness (QED) is 0.0983. The fraction of sp³-hybridized carbons (Fsp3) is 0.372. The predicted molar refractivity (Wildman–Crippen MR) is 223 cm³/mol. The summed E-state index contributed by atoms with van der Waals surface area (Å²) < 4.78 is 71.4. The summed E-state index contributed by atoms with van der Waals surface area (Å²) >= 11 is 0. The van der Waals surface area contributed by atoms with Crippen molar-refractivity contribution >= 4 is 7.60 Å². The highest BCUT2D eigenvalue weighted by Crippen LogP contribution is 2.57. The van der Waals surface area contributed by atoms with E-state index < -0.39 is 78.6 Å². The fourth-order valence-corrected chi connectivity index (χ4v) is 9.00. The van der Waals surface area contributed by atoms with Crippen LogP contribution in [0.15, 0.2) is 117 Å². The number of aromatic nitrogens is 4. The molecule has 19 heteroatoms. The molecule has 4 heterocycles. The average Bonchev–Trinajstić information content (AvgIpc) is 3.88. The lowest BCUT2D eigenvalue weighted by Gasteiger charge is -2.37. The lowest BCUT2D eigenvalue weighted by atomic mass is 9.80. The topological polar surface area (TPSA) is 210 Å². The molecule has 0 aliphatic carbocycles. The van der Waals surface area contributed by atoms with Gasteiger partial charge >= 0.3 is 19.0 Å². The van der Waals surface area contributed by atoms with Gasteiger partial charge in [-0.3, -0.25) is 33.3 Å². The number of hydrogen-bond acceptors (Lipinski definition) is 14. The number of hydrogen-bond donors (Lipinski definition) is 2. The van der Waals surface area contributed by atoms with E-state index in [0.29, 0.717) is 11.5 Å². The van der Waals surface area contributed by atoms with E-state index in [2.05, 4.69) is 9.97 Å². The first-order valence-electron chi connectivity index (χ1n) is 19.6. The zero-order chi connectivity index (χ0) is 44.2. The normalized spacial score (nSPS) is 22.9. The molecule has 3 aromatic carbocycles. The van der Waals surface area contributed by atoms with Crippen molar-refractivity contribution in [3.8, 4) is 11.5 Å². The van der Waals surface area contributed by atoms with Crippen molar-refractivity contribution in [2.45, 2.75) is 68.8 Å². The van der Waals surface area contributed by atoms with E-state index in [0.717, 1.165) is 21.3 Å². The number of aromatic amines is 2. The van der Waals surface area contributed by atoms with Gasteiger partial charge in [0.05, 0.1) is 27.2 Å². The summed E-state index contributed by atoms with van der Waals surface area (Å²) in [5.41, 5.74) is -1.35. The molecule has 329 valence electrons. The smallest absolute Gasteiger partial charge is 0.359 e. The molecule has 1 radical (unpaired) electrons. The lowest BCUT2D eigenvalue weighted by Crippen LogP contribution is -2.39. The lowest BCUT2D eigenvalue weighted by molar-refractivity contribution is -0.159. The SMILES string of the molecule is COc1ccc(C(OC[C@H]2O[C@@H](n3cc(C)c(=O)[nH]c3=O)C[C@@H]2OP(=O)(OC)C(C)O[C@@H]2[CH][C@@H](OC)[C@H](n3ccc(=O)[nH]c3=O)O2)(c2ccccc2)c2ccc(OC)cc2)cc1. The van der Waals surface area contributed by atoms with E-state index in [1.165, 1.54) is 50.6 Å². The molecule has 18 nitrogen and oxygen atoms in total. The van der Waals surface area contributed by atoms with Crippen molar-refractivity contribution in [3.63, 3.8) is 0 Å². The predicted octanol–water partition coefficient (Wildman–Crippen LogP) is 4.37. The van der Waals surface area contributed by atoms with Crippen molar-refractivity contribution in [1.82, 2.24) is 19.1 Å². The summed E-state index contributed by atoms with van der Waals surface area (Å²) in [7, 11) is 1.52. The summed E-state index contributed by atoms with van der Waals surface area (Å²) in [6, 6.07) is 25.7. The Labute approximate surface area is 355 Å². The Morgan fingerprint density at radius 3 is 2.00 bits per heavy atom. The molecule has 2 unspecified atom stereocenters. The van der Waals surface area contributed by atoms with Crippen LogP contribution in [0.2, 0.25) is 0 Å². The van der Waals surface area contributed by atoms with Crippen molar-refractivity contribution < 1.29 is 46.8 Å². The average molecular weight is 876 g/mol. The van der Waals surface area contributed by atoms with Gasteiger partial charge in [0.2, 0.25) is 0 Å². The molecule has 7 rings (SSSR count). The van der Waals surface area contributed by atoms with Gasteiger partial charge in [-0.25, -0.2) is 9.59 Å². The first-order valence-corrected chi connectivity index (χ1v) is 21.2. The maximum Gasteiger partial charge on any atom is 0.359 e. The molecule has 2 aliphatic rings. The van der Waals surface area contributed by atoms with Gasteiger partial charge in [0.15, 0.2) is 18.4 Å². The maximum atomic E-state index is 14.8. The van der Waals surface area contributed by atoms with Crippen LogP contribution in [0.4, 0.5) is 0 Å². The summed E-state index contributed by atoms with van der Waals surface area (Å²) in [6.07, 6.45) is -1.90. The van der Waals surface area contributed by atoms with Crippen LogP contribution in [0.1, 0.15) is 48.1 Å². The largest absolute Gasteiger partial charge is 0.497 e. The van der Waals surface area contributed by atoms with Gasteiger partial charge < -0.3 is 42.2 Å². The number of aryl methyl sites for hydroxylation is 1. The number of ether oxygens (including phenoxy) is 7. The zero-order valence-corrected chi connectivity index (χ0v) is 35.7. The van der Waals surface area contributed by atoms with Gasteiger partial charge in [-0.15, -0.1) is 0 Å². The van der Waals surface area contributed by atoms with Gasteiger partial charge in [0.1, 0.15) is 41.6 Å². The molecule has 0 amide bonds. The molecule has 2 aromatic heterocycles. The van der Waals surface area contributed by atoms with Crippen LogP contribution >= 0.6 is 7.60 Å². The van der Waals surface area contributed by atoms with Crippen LogP contribution in [0.3, 0.4) is 0 Å². The van der Waals surface area contributed by atoms with E-state index in [4.69, 9.17) is 42.2 Å². The Hall–Kier alpha value is -5.43. The van der Waals surface area contributed by atoms with Crippen LogP contribution in [-0.4, -0.2) is 84.6 Å². The number of H-pyrrole nitrogens is 2. The van der Waals surface area contributed by atoms with Gasteiger partial charge in [0, 0.05) is 44.7 Å². The summed E-state index contributed by atoms with van der Waals surface area (Å²) in [5, 5.41) is 0. The molecular weight excluding hydrogens is 827 g/mol. The Morgan fingerprint density at radius 1 is 0.806 bits per heavy atom. The monoisotopic (exact) mass is 875 g/mol. The molecule has 0 bridgehead atoms. The number of rotatable bonds is 17. The minimum atomic E-state index is -4.26. The third-order valence-electron chi connectivity index (χ3n) is 10.9. The molecule has 62 heavy (non-hydrogen) atoms. The molecule has 2 fully saturated rings. The highest BCUT2D eigenvalue weighted by Gasteiger charge is 2.48. The number of nitrogens with one attached hydrogen (secondary N) is 2. The van der Waals surface area contributed by atoms with Gasteiger partial charge in [-0.2, -0.15) is 0 Å². The Kier molecular flexibility index (Phi) is 13.6. The Morgan fingerprint density at radius 2 is 1.42 bits per heavy atom. The number of benzene rings is 3. The molecule has 2 N–H and O–H groups in total. The Bertz CT molecular complexity index is 2550. The molecule has 2 aliphatic heterocycles. The van der Waals surface area contributed by atoms with E-state index in [-0.39, 0.29) is 18.6 Å². The van der Waals surface area contributed by atoms with E-state index >= 15 is 0 Å². The fourth-order valence-electron chi connectivity index (χ4n) is 7.58.